The Morgan fingerprint density at radius 1 is 1.21 bits per heavy atom. The third-order valence-electron chi connectivity index (χ3n) is 7.90. The fourth-order valence-corrected chi connectivity index (χ4v) is 6.91. The zero-order valence-corrected chi connectivity index (χ0v) is 24.7. The standard InChI is InChI=1S/C28H38N5O8P/c1-17-9-11-19(12-10-17)39-27(36)18(2)32-42(37,41-20-7-5-4-6-8-20)38-15-28(3)25(35)23(34)24(40-28)21-13-14-22-26(29)30-16-31-33(21)22/h4-8,13-14,16-19,23-25,34-35H,9-12,15H2,1-3H3,(H,32,37)(H2,29,30,31)/t17-,18-,19-,23-,24-,25-,28+,42+/m0/s1. The number of carbonyl (C=O) groups is 1. The average Bonchev–Trinajstić information content (AvgIpc) is 3.49. The van der Waals surface area contributed by atoms with E-state index in [1.165, 1.54) is 24.7 Å². The predicted molar refractivity (Wildman–Crippen MR) is 152 cm³/mol. The number of benzene rings is 1. The maximum atomic E-state index is 14.0. The molecule has 1 aromatic carbocycles. The largest absolute Gasteiger partial charge is 0.461 e. The second-order valence-electron chi connectivity index (χ2n) is 11.3. The lowest BCUT2D eigenvalue weighted by Crippen LogP contribution is -2.45. The average molecular weight is 604 g/mol. The minimum absolute atomic E-state index is 0.196. The Balaban J connectivity index is 1.31. The highest BCUT2D eigenvalue weighted by molar-refractivity contribution is 7.52. The summed E-state index contributed by atoms with van der Waals surface area (Å²) in [4.78, 5) is 16.9. The molecule has 0 spiro atoms. The highest BCUT2D eigenvalue weighted by Gasteiger charge is 2.54. The van der Waals surface area contributed by atoms with E-state index in [1.54, 1.807) is 42.5 Å². The van der Waals surface area contributed by atoms with Crippen molar-refractivity contribution in [2.45, 2.75) is 82.5 Å². The Hall–Kier alpha value is -3.06. The highest BCUT2D eigenvalue weighted by Crippen LogP contribution is 2.48. The molecule has 3 aromatic rings. The number of rotatable bonds is 10. The van der Waals surface area contributed by atoms with E-state index < -0.39 is 50.3 Å². The van der Waals surface area contributed by atoms with Crippen LogP contribution in [0.5, 0.6) is 5.75 Å². The van der Waals surface area contributed by atoms with Crippen LogP contribution in [0.15, 0.2) is 48.8 Å². The van der Waals surface area contributed by atoms with Gasteiger partial charge in [0, 0.05) is 0 Å². The minimum atomic E-state index is -4.25. The number of hydrogen-bond acceptors (Lipinski definition) is 11. The van der Waals surface area contributed by atoms with Crippen LogP contribution >= 0.6 is 7.75 Å². The Labute approximate surface area is 243 Å². The molecule has 14 heteroatoms. The number of ether oxygens (including phenoxy) is 2. The van der Waals surface area contributed by atoms with Gasteiger partial charge in [-0.15, -0.1) is 0 Å². The van der Waals surface area contributed by atoms with Crippen molar-refractivity contribution in [3.05, 3.63) is 54.5 Å². The number of hydrogen-bond donors (Lipinski definition) is 4. The lowest BCUT2D eigenvalue weighted by Gasteiger charge is -2.31. The summed E-state index contributed by atoms with van der Waals surface area (Å²) in [5.74, 6) is 0.503. The summed E-state index contributed by atoms with van der Waals surface area (Å²) in [6.07, 6.45) is 0.767. The van der Waals surface area contributed by atoms with Crippen LogP contribution in [0.2, 0.25) is 0 Å². The second kappa shape index (κ2) is 12.3. The quantitative estimate of drug-likeness (QED) is 0.197. The maximum Gasteiger partial charge on any atom is 0.459 e. The number of aromatic nitrogens is 3. The van der Waals surface area contributed by atoms with Crippen molar-refractivity contribution in [2.24, 2.45) is 5.92 Å². The van der Waals surface area contributed by atoms with Crippen LogP contribution in [0.3, 0.4) is 0 Å². The number of nitrogens with one attached hydrogen (secondary N) is 1. The van der Waals surface area contributed by atoms with Crippen LogP contribution < -0.4 is 15.3 Å². The first-order chi connectivity index (χ1) is 20.0. The first-order valence-electron chi connectivity index (χ1n) is 14.1. The first-order valence-corrected chi connectivity index (χ1v) is 15.6. The van der Waals surface area contributed by atoms with Crippen molar-refractivity contribution in [1.82, 2.24) is 19.7 Å². The van der Waals surface area contributed by atoms with Crippen molar-refractivity contribution in [3.8, 4) is 5.75 Å². The van der Waals surface area contributed by atoms with E-state index in [9.17, 15) is 19.6 Å². The van der Waals surface area contributed by atoms with Gasteiger partial charge in [-0.25, -0.2) is 14.1 Å². The first kappa shape index (κ1) is 30.4. The van der Waals surface area contributed by atoms with E-state index in [2.05, 4.69) is 22.1 Å². The van der Waals surface area contributed by atoms with Gasteiger partial charge < -0.3 is 29.9 Å². The molecule has 2 fully saturated rings. The fraction of sp³-hybridized carbons (Fsp3) is 0.536. The highest BCUT2D eigenvalue weighted by atomic mass is 31.2. The third-order valence-corrected chi connectivity index (χ3v) is 9.52. The van der Waals surface area contributed by atoms with E-state index in [0.717, 1.165) is 25.7 Å². The number of aliphatic hydroxyl groups excluding tert-OH is 2. The number of fused-ring (bicyclic) bond motifs is 1. The number of nitrogens with two attached hydrogens (primary N) is 1. The van der Waals surface area contributed by atoms with Crippen molar-refractivity contribution >= 4 is 25.1 Å². The molecule has 2 aromatic heterocycles. The van der Waals surface area contributed by atoms with Crippen molar-refractivity contribution < 1.29 is 38.1 Å². The lowest BCUT2D eigenvalue weighted by atomic mass is 9.89. The van der Waals surface area contributed by atoms with Gasteiger partial charge >= 0.3 is 13.7 Å². The van der Waals surface area contributed by atoms with E-state index in [4.69, 9.17) is 24.3 Å². The smallest absolute Gasteiger partial charge is 0.459 e. The molecular formula is C28H38N5O8P. The molecule has 1 saturated heterocycles. The third kappa shape index (κ3) is 6.46. The molecule has 0 amide bonds. The van der Waals surface area contributed by atoms with Gasteiger partial charge in [0.25, 0.3) is 0 Å². The van der Waals surface area contributed by atoms with Gasteiger partial charge in [-0.3, -0.25) is 9.32 Å². The summed E-state index contributed by atoms with van der Waals surface area (Å²) in [5.41, 5.74) is 5.36. The number of para-hydroxylation sites is 1. The van der Waals surface area contributed by atoms with Gasteiger partial charge in [0.1, 0.15) is 53.7 Å². The maximum absolute atomic E-state index is 14.0. The van der Waals surface area contributed by atoms with Gasteiger partial charge in [0.05, 0.1) is 12.3 Å². The lowest BCUT2D eigenvalue weighted by molar-refractivity contribution is -0.152. The molecule has 1 aliphatic heterocycles. The Bertz CT molecular complexity index is 1430. The van der Waals surface area contributed by atoms with Crippen LogP contribution in [0.1, 0.15) is 58.3 Å². The molecular weight excluding hydrogens is 565 g/mol. The van der Waals surface area contributed by atoms with E-state index in [1.807, 2.05) is 0 Å². The second-order valence-corrected chi connectivity index (χ2v) is 13.0. The van der Waals surface area contributed by atoms with Gasteiger partial charge in [-0.05, 0) is 69.7 Å². The van der Waals surface area contributed by atoms with Crippen LogP contribution in [0.4, 0.5) is 5.82 Å². The molecule has 0 radical (unpaired) electrons. The normalized spacial score (nSPS) is 30.1. The molecule has 42 heavy (non-hydrogen) atoms. The Morgan fingerprint density at radius 3 is 2.64 bits per heavy atom. The Morgan fingerprint density at radius 2 is 1.93 bits per heavy atom. The fourth-order valence-electron chi connectivity index (χ4n) is 5.33. The molecule has 0 unspecified atom stereocenters. The minimum Gasteiger partial charge on any atom is -0.461 e. The van der Waals surface area contributed by atoms with Gasteiger partial charge in [0.15, 0.2) is 5.82 Å². The van der Waals surface area contributed by atoms with Crippen molar-refractivity contribution in [3.63, 3.8) is 0 Å². The van der Waals surface area contributed by atoms with Crippen molar-refractivity contribution in [1.29, 1.82) is 0 Å². The Kier molecular flexibility index (Phi) is 8.89. The number of aliphatic hydroxyl groups is 2. The van der Waals surface area contributed by atoms with E-state index in [0.29, 0.717) is 17.1 Å². The van der Waals surface area contributed by atoms with Crippen LogP contribution in [-0.2, 0) is 23.4 Å². The molecule has 5 N–H and O–H groups in total. The molecule has 1 aliphatic carbocycles. The summed E-state index contributed by atoms with van der Waals surface area (Å²) in [5, 5.41) is 28.8. The van der Waals surface area contributed by atoms with E-state index >= 15 is 0 Å². The van der Waals surface area contributed by atoms with Gasteiger partial charge in [-0.1, -0.05) is 25.1 Å². The summed E-state index contributed by atoms with van der Waals surface area (Å²) in [6, 6.07) is 10.7. The summed E-state index contributed by atoms with van der Waals surface area (Å²) < 4.78 is 38.9. The SMILES string of the molecule is C[C@H](N[P@@](=O)(OC[C@@]1(C)O[C@@H](c2ccc3c(N)ncnn23)[C@H](O)[C@@H]1O)Oc1ccccc1)C(=O)O[C@H]1CC[C@H](C)CC1. The molecule has 13 nitrogen and oxygen atoms in total. The molecule has 5 rings (SSSR count). The number of nitrogens with zero attached hydrogens (tertiary/aromatic N) is 3. The zero-order chi connectivity index (χ0) is 30.1. The van der Waals surface area contributed by atoms with Gasteiger partial charge in [-0.2, -0.15) is 10.2 Å². The summed E-state index contributed by atoms with van der Waals surface area (Å²) in [7, 11) is -4.25. The molecule has 2 aliphatic rings. The summed E-state index contributed by atoms with van der Waals surface area (Å²) in [6.45, 7) is 4.76. The van der Waals surface area contributed by atoms with Crippen molar-refractivity contribution in [2.75, 3.05) is 12.3 Å². The predicted octanol–water partition coefficient (Wildman–Crippen LogP) is 3.17. The number of carbonyl (C=O) groups excluding carboxylic acids is 1. The molecule has 0 bridgehead atoms. The van der Waals surface area contributed by atoms with Crippen LogP contribution in [0, 0.1) is 5.92 Å². The van der Waals surface area contributed by atoms with Crippen LogP contribution in [0.25, 0.3) is 5.52 Å². The number of anilines is 1. The topological polar surface area (TPSA) is 180 Å². The van der Waals surface area contributed by atoms with Crippen LogP contribution in [-0.4, -0.2) is 67.3 Å². The molecule has 3 heterocycles. The number of esters is 1. The molecule has 6 atom stereocenters. The zero-order valence-electron chi connectivity index (χ0n) is 23.8. The molecule has 228 valence electrons. The molecule has 1 saturated carbocycles. The van der Waals surface area contributed by atoms with Gasteiger partial charge in [0.2, 0.25) is 0 Å². The monoisotopic (exact) mass is 603 g/mol. The number of nitrogen functional groups attached to an aromatic ring is 1. The summed E-state index contributed by atoms with van der Waals surface area (Å²) >= 11 is 0. The van der Waals surface area contributed by atoms with E-state index in [-0.39, 0.29) is 17.7 Å².